The summed E-state index contributed by atoms with van der Waals surface area (Å²) in [5, 5.41) is 13.5. The Morgan fingerprint density at radius 3 is 2.61 bits per heavy atom. The van der Waals surface area contributed by atoms with Gasteiger partial charge in [0.2, 0.25) is 0 Å². The van der Waals surface area contributed by atoms with Gasteiger partial charge in [0.05, 0.1) is 15.5 Å². The predicted octanol–water partition coefficient (Wildman–Crippen LogP) is 2.32. The number of nitro benzene ring substituents is 1. The van der Waals surface area contributed by atoms with Crippen LogP contribution < -0.4 is 5.32 Å². The summed E-state index contributed by atoms with van der Waals surface area (Å²) < 4.78 is 23.8. The fourth-order valence-electron chi connectivity index (χ4n) is 1.27. The van der Waals surface area contributed by atoms with Crippen LogP contribution in [0.1, 0.15) is 0 Å². The van der Waals surface area contributed by atoms with Gasteiger partial charge in [-0.1, -0.05) is 22.5 Å². The Hall–Kier alpha value is -1.41. The summed E-state index contributed by atoms with van der Waals surface area (Å²) in [6, 6.07) is 3.65. The van der Waals surface area contributed by atoms with Gasteiger partial charge < -0.3 is 5.32 Å². The van der Waals surface area contributed by atoms with Crippen molar-refractivity contribution in [2.24, 2.45) is 0 Å². The maximum absolute atomic E-state index is 11.6. The smallest absolute Gasteiger partial charge is 0.270 e. The van der Waals surface area contributed by atoms with Gasteiger partial charge >= 0.3 is 0 Å². The molecule has 98 valence electrons. The molecular formula is C10H11BrN2O4S. The second kappa shape index (κ2) is 5.49. The quantitative estimate of drug-likeness (QED) is 0.659. The fraction of sp³-hybridized carbons (Fsp3) is 0.200. The first-order valence-corrected chi connectivity index (χ1v) is 7.46. The van der Waals surface area contributed by atoms with Gasteiger partial charge in [0.1, 0.15) is 0 Å². The highest BCUT2D eigenvalue weighted by molar-refractivity contribution is 9.11. The number of nitro groups is 1. The van der Waals surface area contributed by atoms with Crippen LogP contribution in [-0.2, 0) is 9.84 Å². The van der Waals surface area contributed by atoms with Crippen molar-refractivity contribution in [1.82, 2.24) is 0 Å². The van der Waals surface area contributed by atoms with E-state index < -0.39 is 14.8 Å². The molecule has 0 amide bonds. The third kappa shape index (κ3) is 3.81. The zero-order valence-electron chi connectivity index (χ0n) is 9.51. The summed E-state index contributed by atoms with van der Waals surface area (Å²) in [4.78, 5) is 9.88. The van der Waals surface area contributed by atoms with Crippen LogP contribution >= 0.6 is 15.9 Å². The Morgan fingerprint density at radius 2 is 2.17 bits per heavy atom. The van der Waals surface area contributed by atoms with Crippen LogP contribution in [-0.4, -0.2) is 26.1 Å². The topological polar surface area (TPSA) is 89.3 Å². The molecule has 1 N–H and O–H groups in total. The number of hydrogen-bond acceptors (Lipinski definition) is 5. The highest BCUT2D eigenvalue weighted by Crippen LogP contribution is 2.26. The SMILES string of the molecule is C=C(Br)CNc1ccc([N+](=O)[O-])cc1S(C)(=O)=O. The first kappa shape index (κ1) is 14.7. The minimum Gasteiger partial charge on any atom is -0.379 e. The Bertz CT molecular complexity index is 598. The van der Waals surface area contributed by atoms with Gasteiger partial charge in [0.15, 0.2) is 9.84 Å². The fourth-order valence-corrected chi connectivity index (χ4v) is 2.28. The van der Waals surface area contributed by atoms with Gasteiger partial charge in [0, 0.05) is 29.4 Å². The van der Waals surface area contributed by atoms with Crippen LogP contribution in [0, 0.1) is 10.1 Å². The first-order valence-electron chi connectivity index (χ1n) is 4.77. The van der Waals surface area contributed by atoms with Gasteiger partial charge in [-0.3, -0.25) is 10.1 Å². The van der Waals surface area contributed by atoms with E-state index in [1.165, 1.54) is 12.1 Å². The molecule has 0 aliphatic rings. The van der Waals surface area contributed by atoms with Crippen LogP contribution in [0.25, 0.3) is 0 Å². The van der Waals surface area contributed by atoms with Gasteiger partial charge in [-0.25, -0.2) is 8.42 Å². The molecule has 0 saturated heterocycles. The number of sulfone groups is 1. The van der Waals surface area contributed by atoms with Crippen molar-refractivity contribution in [3.8, 4) is 0 Å². The Morgan fingerprint density at radius 1 is 1.56 bits per heavy atom. The lowest BCUT2D eigenvalue weighted by Crippen LogP contribution is -2.07. The molecule has 18 heavy (non-hydrogen) atoms. The molecule has 0 heterocycles. The average molecular weight is 335 g/mol. The molecule has 0 unspecified atom stereocenters. The van der Waals surface area contributed by atoms with Crippen molar-refractivity contribution < 1.29 is 13.3 Å². The zero-order valence-corrected chi connectivity index (χ0v) is 11.9. The molecule has 1 aromatic rings. The average Bonchev–Trinajstić information content (AvgIpc) is 2.24. The van der Waals surface area contributed by atoms with Gasteiger partial charge in [-0.05, 0) is 6.07 Å². The number of rotatable bonds is 5. The number of nitrogens with one attached hydrogen (secondary N) is 1. The molecule has 1 rings (SSSR count). The second-order valence-corrected chi connectivity index (χ2v) is 6.69. The second-order valence-electron chi connectivity index (χ2n) is 3.58. The third-order valence-electron chi connectivity index (χ3n) is 2.05. The minimum absolute atomic E-state index is 0.106. The molecule has 0 saturated carbocycles. The lowest BCUT2D eigenvalue weighted by molar-refractivity contribution is -0.385. The highest BCUT2D eigenvalue weighted by atomic mass is 79.9. The molecule has 0 aliphatic heterocycles. The summed E-state index contributed by atoms with van der Waals surface area (Å²) in [5.41, 5.74) is 0.0438. The molecule has 1 aromatic carbocycles. The van der Waals surface area contributed by atoms with E-state index in [9.17, 15) is 18.5 Å². The standard InChI is InChI=1S/C10H11BrN2O4S/c1-7(11)6-12-9-4-3-8(13(14)15)5-10(9)18(2,16)17/h3-5,12H,1,6H2,2H3. The van der Waals surface area contributed by atoms with Crippen molar-refractivity contribution in [1.29, 1.82) is 0 Å². The summed E-state index contributed by atoms with van der Waals surface area (Å²) in [6.45, 7) is 3.92. The minimum atomic E-state index is -3.55. The summed E-state index contributed by atoms with van der Waals surface area (Å²) in [6.07, 6.45) is 1.00. The molecule has 6 nitrogen and oxygen atoms in total. The number of halogens is 1. The monoisotopic (exact) mass is 334 g/mol. The Kier molecular flexibility index (Phi) is 4.47. The third-order valence-corrected chi connectivity index (χ3v) is 3.46. The molecule has 0 spiro atoms. The highest BCUT2D eigenvalue weighted by Gasteiger charge is 2.18. The maximum Gasteiger partial charge on any atom is 0.270 e. The Labute approximate surface area is 113 Å². The van der Waals surface area contributed by atoms with Crippen molar-refractivity contribution in [3.05, 3.63) is 39.4 Å². The van der Waals surface area contributed by atoms with E-state index >= 15 is 0 Å². The van der Waals surface area contributed by atoms with Crippen LogP contribution in [0.2, 0.25) is 0 Å². The molecule has 0 aromatic heterocycles. The van der Waals surface area contributed by atoms with Crippen LogP contribution in [0.15, 0.2) is 34.2 Å². The normalized spacial score (nSPS) is 11.0. The van der Waals surface area contributed by atoms with E-state index in [1.807, 2.05) is 0 Å². The van der Waals surface area contributed by atoms with E-state index in [-0.39, 0.29) is 10.6 Å². The number of nitrogens with zero attached hydrogens (tertiary/aromatic N) is 1. The number of benzene rings is 1. The van der Waals surface area contributed by atoms with E-state index in [4.69, 9.17) is 0 Å². The van der Waals surface area contributed by atoms with Crippen molar-refractivity contribution in [3.63, 3.8) is 0 Å². The molecule has 0 bridgehead atoms. The number of hydrogen-bond donors (Lipinski definition) is 1. The molecule has 0 atom stereocenters. The van der Waals surface area contributed by atoms with Crippen molar-refractivity contribution in [2.75, 3.05) is 18.1 Å². The molecule has 8 heteroatoms. The summed E-state index contributed by atoms with van der Waals surface area (Å²) >= 11 is 3.13. The van der Waals surface area contributed by atoms with Gasteiger partial charge in [0.25, 0.3) is 5.69 Å². The van der Waals surface area contributed by atoms with E-state index in [0.29, 0.717) is 16.7 Å². The maximum atomic E-state index is 11.6. The van der Waals surface area contributed by atoms with Crippen LogP contribution in [0.3, 0.4) is 0 Å². The molecule has 0 fully saturated rings. The lowest BCUT2D eigenvalue weighted by Gasteiger charge is -2.10. The largest absolute Gasteiger partial charge is 0.379 e. The summed E-state index contributed by atoms with van der Waals surface area (Å²) in [5.74, 6) is 0. The number of non-ortho nitro benzene ring substituents is 1. The number of anilines is 1. The molecular weight excluding hydrogens is 324 g/mol. The van der Waals surface area contributed by atoms with Crippen LogP contribution in [0.5, 0.6) is 0 Å². The summed E-state index contributed by atoms with van der Waals surface area (Å²) in [7, 11) is -3.55. The lowest BCUT2D eigenvalue weighted by atomic mass is 10.3. The van der Waals surface area contributed by atoms with E-state index in [2.05, 4.69) is 27.8 Å². The van der Waals surface area contributed by atoms with Gasteiger partial charge in [-0.15, -0.1) is 0 Å². The van der Waals surface area contributed by atoms with Gasteiger partial charge in [-0.2, -0.15) is 0 Å². The van der Waals surface area contributed by atoms with E-state index in [0.717, 1.165) is 12.3 Å². The van der Waals surface area contributed by atoms with E-state index in [1.54, 1.807) is 0 Å². The van der Waals surface area contributed by atoms with Crippen LogP contribution in [0.4, 0.5) is 11.4 Å². The predicted molar refractivity (Wildman–Crippen MR) is 72.8 cm³/mol. The molecule has 0 radical (unpaired) electrons. The molecule has 0 aliphatic carbocycles. The van der Waals surface area contributed by atoms with Crippen molar-refractivity contribution >= 4 is 37.1 Å². The zero-order chi connectivity index (χ0) is 13.9. The first-order chi connectivity index (χ1) is 8.21. The van der Waals surface area contributed by atoms with Crippen molar-refractivity contribution in [2.45, 2.75) is 4.90 Å². The Balaban J connectivity index is 3.26.